The highest BCUT2D eigenvalue weighted by atomic mass is 19.4. The van der Waals surface area contributed by atoms with Crippen molar-refractivity contribution in [1.82, 2.24) is 5.32 Å². The van der Waals surface area contributed by atoms with Crippen molar-refractivity contribution in [2.45, 2.75) is 19.0 Å². The van der Waals surface area contributed by atoms with E-state index >= 15 is 0 Å². The maximum absolute atomic E-state index is 12.6. The minimum atomic E-state index is -4.26. The summed E-state index contributed by atoms with van der Waals surface area (Å²) in [5.41, 5.74) is 1.11. The largest absolute Gasteiger partial charge is 0.416 e. The van der Waals surface area contributed by atoms with Crippen molar-refractivity contribution in [1.29, 1.82) is 0 Å². The van der Waals surface area contributed by atoms with Crippen LogP contribution in [-0.4, -0.2) is 13.1 Å². The quantitative estimate of drug-likeness (QED) is 0.793. The Morgan fingerprint density at radius 3 is 2.71 bits per heavy atom. The van der Waals surface area contributed by atoms with Crippen molar-refractivity contribution in [3.63, 3.8) is 0 Å². The lowest BCUT2D eigenvalue weighted by Crippen LogP contribution is -2.13. The van der Waals surface area contributed by atoms with Crippen molar-refractivity contribution in [3.8, 4) is 0 Å². The first-order valence-electron chi connectivity index (χ1n) is 5.65. The number of benzene rings is 1. The van der Waals surface area contributed by atoms with E-state index in [2.05, 4.69) is 5.32 Å². The van der Waals surface area contributed by atoms with Gasteiger partial charge in [0.1, 0.15) is 0 Å². The van der Waals surface area contributed by atoms with Gasteiger partial charge in [0, 0.05) is 0 Å². The highest BCUT2D eigenvalue weighted by Gasteiger charge is 2.30. The van der Waals surface area contributed by atoms with Gasteiger partial charge in [0.05, 0.1) is 5.56 Å². The van der Waals surface area contributed by atoms with Crippen molar-refractivity contribution < 1.29 is 13.2 Å². The third-order valence-corrected chi connectivity index (χ3v) is 2.84. The summed E-state index contributed by atoms with van der Waals surface area (Å²) in [6.07, 6.45) is -0.595. The van der Waals surface area contributed by atoms with Gasteiger partial charge in [-0.15, -0.1) is 0 Å². The first kappa shape index (κ1) is 12.2. The first-order chi connectivity index (χ1) is 8.07. The average Bonchev–Trinajstić information content (AvgIpc) is 2.56. The van der Waals surface area contributed by atoms with Crippen molar-refractivity contribution in [3.05, 3.63) is 41.5 Å². The summed E-state index contributed by atoms with van der Waals surface area (Å²) < 4.78 is 37.8. The summed E-state index contributed by atoms with van der Waals surface area (Å²) in [6, 6.07) is 5.56. The SMILES string of the molecule is FC(F)(F)c1cccc(C2=CCCNCC2)c1. The monoisotopic (exact) mass is 241 g/mol. The van der Waals surface area contributed by atoms with Gasteiger partial charge in [0.25, 0.3) is 0 Å². The van der Waals surface area contributed by atoms with Gasteiger partial charge in [0.2, 0.25) is 0 Å². The van der Waals surface area contributed by atoms with Gasteiger partial charge in [-0.1, -0.05) is 18.2 Å². The molecule has 0 spiro atoms. The Bertz CT molecular complexity index is 421. The van der Waals surface area contributed by atoms with Gasteiger partial charge in [-0.3, -0.25) is 0 Å². The minimum absolute atomic E-state index is 0.576. The highest BCUT2D eigenvalue weighted by Crippen LogP contribution is 2.31. The second kappa shape index (κ2) is 4.92. The molecule has 4 heteroatoms. The standard InChI is InChI=1S/C13H14F3N/c14-13(15,16)12-5-1-3-11(9-12)10-4-2-7-17-8-6-10/h1,3-5,9,17H,2,6-8H2. The van der Waals surface area contributed by atoms with Gasteiger partial charge >= 0.3 is 6.18 Å². The van der Waals surface area contributed by atoms with E-state index in [1.807, 2.05) is 6.08 Å². The van der Waals surface area contributed by atoms with Crippen LogP contribution in [0.5, 0.6) is 0 Å². The lowest BCUT2D eigenvalue weighted by atomic mass is 10.00. The van der Waals surface area contributed by atoms with Gasteiger partial charge in [-0.25, -0.2) is 0 Å². The fraction of sp³-hybridized carbons (Fsp3) is 0.385. The van der Waals surface area contributed by atoms with E-state index in [-0.39, 0.29) is 0 Å². The molecule has 0 atom stereocenters. The zero-order chi connectivity index (χ0) is 12.3. The molecule has 0 saturated carbocycles. The van der Waals surface area contributed by atoms with Crippen LogP contribution in [0, 0.1) is 0 Å². The molecule has 0 aromatic heterocycles. The molecule has 0 fully saturated rings. The van der Waals surface area contributed by atoms with Crippen LogP contribution in [0.15, 0.2) is 30.3 Å². The second-order valence-electron chi connectivity index (χ2n) is 4.10. The second-order valence-corrected chi connectivity index (χ2v) is 4.10. The van der Waals surface area contributed by atoms with Gasteiger partial charge in [-0.2, -0.15) is 13.2 Å². The summed E-state index contributed by atoms with van der Waals surface area (Å²) in [7, 11) is 0. The lowest BCUT2D eigenvalue weighted by Gasteiger charge is -2.10. The minimum Gasteiger partial charge on any atom is -0.316 e. The molecular formula is C13H14F3N. The summed E-state index contributed by atoms with van der Waals surface area (Å²) in [5.74, 6) is 0. The number of hydrogen-bond donors (Lipinski definition) is 1. The van der Waals surface area contributed by atoms with Crippen LogP contribution in [0.3, 0.4) is 0 Å². The van der Waals surface area contributed by atoms with Gasteiger partial charge < -0.3 is 5.32 Å². The van der Waals surface area contributed by atoms with E-state index in [0.29, 0.717) is 5.56 Å². The zero-order valence-corrected chi connectivity index (χ0v) is 9.35. The molecule has 17 heavy (non-hydrogen) atoms. The third-order valence-electron chi connectivity index (χ3n) is 2.84. The van der Waals surface area contributed by atoms with E-state index in [9.17, 15) is 13.2 Å². The molecule has 1 nitrogen and oxygen atoms in total. The molecule has 0 radical (unpaired) electrons. The third kappa shape index (κ3) is 3.09. The molecule has 1 aliphatic heterocycles. The molecule has 0 bridgehead atoms. The Hall–Kier alpha value is -1.29. The molecule has 1 aromatic carbocycles. The van der Waals surface area contributed by atoms with Crippen molar-refractivity contribution in [2.24, 2.45) is 0 Å². The lowest BCUT2D eigenvalue weighted by molar-refractivity contribution is -0.137. The van der Waals surface area contributed by atoms with Crippen LogP contribution < -0.4 is 5.32 Å². The molecule has 0 saturated heterocycles. The van der Waals surface area contributed by atoms with E-state index < -0.39 is 11.7 Å². The molecule has 92 valence electrons. The normalized spacial score (nSPS) is 17.5. The van der Waals surface area contributed by atoms with E-state index in [1.165, 1.54) is 12.1 Å². The average molecular weight is 241 g/mol. The van der Waals surface area contributed by atoms with Crippen LogP contribution in [0.25, 0.3) is 5.57 Å². The Balaban J connectivity index is 2.29. The van der Waals surface area contributed by atoms with Gasteiger partial charge in [-0.05, 0) is 49.2 Å². The molecular weight excluding hydrogens is 227 g/mol. The molecule has 1 heterocycles. The summed E-state index contributed by atoms with van der Waals surface area (Å²) in [6.45, 7) is 1.71. The molecule has 1 N–H and O–H groups in total. The fourth-order valence-electron chi connectivity index (χ4n) is 1.96. The number of hydrogen-bond acceptors (Lipinski definition) is 1. The number of alkyl halides is 3. The Morgan fingerprint density at radius 2 is 1.94 bits per heavy atom. The van der Waals surface area contributed by atoms with Crippen LogP contribution >= 0.6 is 0 Å². The maximum Gasteiger partial charge on any atom is 0.416 e. The smallest absolute Gasteiger partial charge is 0.316 e. The van der Waals surface area contributed by atoms with Crippen molar-refractivity contribution >= 4 is 5.57 Å². The Labute approximate surface area is 98.3 Å². The van der Waals surface area contributed by atoms with Crippen LogP contribution in [0.1, 0.15) is 24.0 Å². The molecule has 2 rings (SSSR count). The van der Waals surface area contributed by atoms with Crippen LogP contribution in [0.2, 0.25) is 0 Å². The summed E-state index contributed by atoms with van der Waals surface area (Å²) >= 11 is 0. The Kier molecular flexibility index (Phi) is 3.52. The van der Waals surface area contributed by atoms with E-state index in [1.54, 1.807) is 6.07 Å². The van der Waals surface area contributed by atoms with Crippen LogP contribution in [0.4, 0.5) is 13.2 Å². The van der Waals surface area contributed by atoms with Crippen LogP contribution in [-0.2, 0) is 6.18 Å². The maximum atomic E-state index is 12.6. The molecule has 0 aliphatic carbocycles. The highest BCUT2D eigenvalue weighted by molar-refractivity contribution is 5.66. The number of nitrogens with one attached hydrogen (secondary N) is 1. The molecule has 1 aliphatic rings. The number of rotatable bonds is 1. The predicted octanol–water partition coefficient (Wildman–Crippen LogP) is 3.47. The van der Waals surface area contributed by atoms with Gasteiger partial charge in [0.15, 0.2) is 0 Å². The van der Waals surface area contributed by atoms with E-state index in [0.717, 1.165) is 37.6 Å². The Morgan fingerprint density at radius 1 is 1.12 bits per heavy atom. The zero-order valence-electron chi connectivity index (χ0n) is 9.35. The van der Waals surface area contributed by atoms with Crippen molar-refractivity contribution in [2.75, 3.05) is 13.1 Å². The topological polar surface area (TPSA) is 12.0 Å². The first-order valence-corrected chi connectivity index (χ1v) is 5.65. The summed E-state index contributed by atoms with van der Waals surface area (Å²) in [5, 5.41) is 3.22. The van der Waals surface area contributed by atoms with E-state index in [4.69, 9.17) is 0 Å². The summed E-state index contributed by atoms with van der Waals surface area (Å²) in [4.78, 5) is 0. The molecule has 1 aromatic rings. The number of halogens is 3. The molecule has 0 amide bonds. The molecule has 0 unspecified atom stereocenters. The fourth-order valence-corrected chi connectivity index (χ4v) is 1.96. The predicted molar refractivity (Wildman–Crippen MR) is 61.5 cm³/mol.